The van der Waals surface area contributed by atoms with Crippen molar-refractivity contribution in [3.8, 4) is 0 Å². The van der Waals surface area contributed by atoms with Gasteiger partial charge in [-0.2, -0.15) is 0 Å². The van der Waals surface area contributed by atoms with E-state index in [1.807, 2.05) is 18.2 Å². The maximum absolute atomic E-state index is 10.9. The molecule has 6 nitrogen and oxygen atoms in total. The largest absolute Gasteiger partial charge is 0.406 e. The number of rotatable bonds is 5. The van der Waals surface area contributed by atoms with Crippen LogP contribution < -0.4 is 5.32 Å². The van der Waals surface area contributed by atoms with Gasteiger partial charge in [0.15, 0.2) is 0 Å². The molecule has 0 unspecified atom stereocenters. The van der Waals surface area contributed by atoms with Crippen molar-refractivity contribution < 1.29 is 4.92 Å². The zero-order chi connectivity index (χ0) is 13.8. The predicted octanol–water partition coefficient (Wildman–Crippen LogP) is 2.50. The smallest absolute Gasteiger partial charge is 0.360 e. The molecule has 0 aliphatic rings. The molecule has 1 heterocycles. The summed E-state index contributed by atoms with van der Waals surface area (Å²) in [6.07, 6.45) is 2.37. The van der Waals surface area contributed by atoms with E-state index in [1.165, 1.54) is 11.9 Å². The minimum atomic E-state index is -0.478. The summed E-state index contributed by atoms with van der Waals surface area (Å²) in [6.45, 7) is 2.63. The molecule has 1 aromatic carbocycles. The molecule has 6 heteroatoms. The quantitative estimate of drug-likeness (QED) is 0.662. The normalized spacial score (nSPS) is 10.4. The minimum Gasteiger partial charge on any atom is -0.360 e. The Hall–Kier alpha value is -2.37. The van der Waals surface area contributed by atoms with Crippen LogP contribution in [0.4, 0.5) is 11.6 Å². The van der Waals surface area contributed by atoms with E-state index in [0.717, 1.165) is 12.0 Å². The van der Waals surface area contributed by atoms with Crippen molar-refractivity contribution in [3.05, 3.63) is 51.8 Å². The Morgan fingerprint density at radius 2 is 2.05 bits per heavy atom. The molecule has 2 aromatic rings. The monoisotopic (exact) mass is 260 g/mol. The predicted molar refractivity (Wildman–Crippen MR) is 73.0 cm³/mol. The summed E-state index contributed by atoms with van der Waals surface area (Å²) in [7, 11) is 1.73. The first-order valence-corrected chi connectivity index (χ1v) is 6.09. The van der Waals surface area contributed by atoms with Crippen molar-refractivity contribution in [1.29, 1.82) is 0 Å². The highest BCUT2D eigenvalue weighted by molar-refractivity contribution is 5.52. The number of nitro groups is 1. The maximum Gasteiger partial charge on any atom is 0.406 e. The molecule has 0 aliphatic heterocycles. The SMILES string of the molecule is CCc1ccccc1CNc1c([N+](=O)[O-])ncn1C. The van der Waals surface area contributed by atoms with Crippen LogP contribution in [0.3, 0.4) is 0 Å². The van der Waals surface area contributed by atoms with Crippen molar-refractivity contribution in [3.63, 3.8) is 0 Å². The van der Waals surface area contributed by atoms with Crippen molar-refractivity contribution in [2.24, 2.45) is 7.05 Å². The van der Waals surface area contributed by atoms with E-state index in [4.69, 9.17) is 0 Å². The summed E-state index contributed by atoms with van der Waals surface area (Å²) < 4.78 is 1.62. The maximum atomic E-state index is 10.9. The first-order valence-electron chi connectivity index (χ1n) is 6.09. The Morgan fingerprint density at radius 1 is 1.37 bits per heavy atom. The average molecular weight is 260 g/mol. The van der Waals surface area contributed by atoms with E-state index in [1.54, 1.807) is 11.6 Å². The van der Waals surface area contributed by atoms with Gasteiger partial charge in [-0.05, 0) is 27.5 Å². The van der Waals surface area contributed by atoms with Gasteiger partial charge in [0.25, 0.3) is 0 Å². The summed E-state index contributed by atoms with van der Waals surface area (Å²) in [6, 6.07) is 8.05. The van der Waals surface area contributed by atoms with E-state index >= 15 is 0 Å². The summed E-state index contributed by atoms with van der Waals surface area (Å²) in [5, 5.41) is 14.0. The molecular formula is C13H16N4O2. The fourth-order valence-electron chi connectivity index (χ4n) is 2.01. The van der Waals surface area contributed by atoms with Gasteiger partial charge in [-0.15, -0.1) is 0 Å². The molecule has 0 atom stereocenters. The number of aryl methyl sites for hydroxylation is 2. The molecule has 1 aromatic heterocycles. The molecule has 0 bridgehead atoms. The zero-order valence-electron chi connectivity index (χ0n) is 11.0. The van der Waals surface area contributed by atoms with Gasteiger partial charge in [-0.1, -0.05) is 31.2 Å². The van der Waals surface area contributed by atoms with E-state index in [-0.39, 0.29) is 5.82 Å². The topological polar surface area (TPSA) is 73.0 Å². The van der Waals surface area contributed by atoms with Crippen LogP contribution >= 0.6 is 0 Å². The number of aromatic nitrogens is 2. The highest BCUT2D eigenvalue weighted by atomic mass is 16.6. The van der Waals surface area contributed by atoms with Gasteiger partial charge in [0.1, 0.15) is 0 Å². The minimum absolute atomic E-state index is 0.142. The van der Waals surface area contributed by atoms with Crippen molar-refractivity contribution in [2.45, 2.75) is 19.9 Å². The van der Waals surface area contributed by atoms with Gasteiger partial charge in [0.05, 0.1) is 0 Å². The van der Waals surface area contributed by atoms with Gasteiger partial charge in [-0.25, -0.2) is 0 Å². The van der Waals surface area contributed by atoms with Gasteiger partial charge < -0.3 is 15.4 Å². The molecular weight excluding hydrogens is 244 g/mol. The van der Waals surface area contributed by atoms with Crippen LogP contribution in [0.1, 0.15) is 18.1 Å². The highest BCUT2D eigenvalue weighted by Crippen LogP contribution is 2.22. The lowest BCUT2D eigenvalue weighted by Gasteiger charge is -2.10. The number of hydrogen-bond donors (Lipinski definition) is 1. The second-order valence-electron chi connectivity index (χ2n) is 4.26. The van der Waals surface area contributed by atoms with Crippen LogP contribution in [0.2, 0.25) is 0 Å². The second kappa shape index (κ2) is 5.51. The van der Waals surface area contributed by atoms with Crippen LogP contribution in [0.25, 0.3) is 0 Å². The lowest BCUT2D eigenvalue weighted by molar-refractivity contribution is -0.388. The number of benzene rings is 1. The Kier molecular flexibility index (Phi) is 3.79. The lowest BCUT2D eigenvalue weighted by Crippen LogP contribution is -2.07. The summed E-state index contributed by atoms with van der Waals surface area (Å²) >= 11 is 0. The first kappa shape index (κ1) is 13.1. The zero-order valence-corrected chi connectivity index (χ0v) is 11.0. The molecule has 100 valence electrons. The molecule has 0 radical (unpaired) electrons. The van der Waals surface area contributed by atoms with Crippen molar-refractivity contribution in [1.82, 2.24) is 9.55 Å². The summed E-state index contributed by atoms with van der Waals surface area (Å²) in [5.41, 5.74) is 2.38. The number of imidazole rings is 1. The lowest BCUT2D eigenvalue weighted by atomic mass is 10.1. The molecule has 0 saturated heterocycles. The van der Waals surface area contributed by atoms with Gasteiger partial charge >= 0.3 is 5.82 Å². The van der Waals surface area contributed by atoms with Gasteiger partial charge in [-0.3, -0.25) is 4.57 Å². The van der Waals surface area contributed by atoms with E-state index in [2.05, 4.69) is 23.3 Å². The first-order chi connectivity index (χ1) is 9.13. The molecule has 0 saturated carbocycles. The van der Waals surface area contributed by atoms with Crippen molar-refractivity contribution in [2.75, 3.05) is 5.32 Å². The summed E-state index contributed by atoms with van der Waals surface area (Å²) in [5.74, 6) is 0.285. The molecule has 2 rings (SSSR count). The van der Waals surface area contributed by atoms with E-state index < -0.39 is 4.92 Å². The summed E-state index contributed by atoms with van der Waals surface area (Å²) in [4.78, 5) is 14.2. The average Bonchev–Trinajstić information content (AvgIpc) is 2.78. The number of nitrogens with one attached hydrogen (secondary N) is 1. The van der Waals surface area contributed by atoms with Gasteiger partial charge in [0, 0.05) is 13.6 Å². The molecule has 0 amide bonds. The Bertz CT molecular complexity index is 592. The molecule has 0 spiro atoms. The molecule has 0 fully saturated rings. The second-order valence-corrected chi connectivity index (χ2v) is 4.26. The number of hydrogen-bond acceptors (Lipinski definition) is 4. The van der Waals surface area contributed by atoms with Crippen molar-refractivity contribution >= 4 is 11.6 Å². The van der Waals surface area contributed by atoms with Crippen LogP contribution in [-0.2, 0) is 20.0 Å². The third kappa shape index (κ3) is 2.73. The van der Waals surface area contributed by atoms with E-state index in [0.29, 0.717) is 12.4 Å². The Morgan fingerprint density at radius 3 is 2.68 bits per heavy atom. The number of anilines is 1. The highest BCUT2D eigenvalue weighted by Gasteiger charge is 2.19. The fourth-order valence-corrected chi connectivity index (χ4v) is 2.01. The van der Waals surface area contributed by atoms with E-state index in [9.17, 15) is 10.1 Å². The van der Waals surface area contributed by atoms with Crippen LogP contribution in [0.15, 0.2) is 30.6 Å². The fraction of sp³-hybridized carbons (Fsp3) is 0.308. The van der Waals surface area contributed by atoms with Gasteiger partial charge in [0.2, 0.25) is 12.1 Å². The Labute approximate surface area is 111 Å². The molecule has 19 heavy (non-hydrogen) atoms. The third-order valence-electron chi connectivity index (χ3n) is 3.04. The number of nitrogens with zero attached hydrogens (tertiary/aromatic N) is 3. The van der Waals surface area contributed by atoms with Crippen LogP contribution in [-0.4, -0.2) is 14.5 Å². The Balaban J connectivity index is 2.19. The standard InChI is InChI=1S/C13H16N4O2/c1-3-10-6-4-5-7-11(10)8-14-12-13(17(18)19)15-9-16(12)2/h4-7,9,14H,3,8H2,1-2H3. The molecule has 0 aliphatic carbocycles. The molecule has 1 N–H and O–H groups in total. The van der Waals surface area contributed by atoms with Crippen LogP contribution in [0.5, 0.6) is 0 Å². The third-order valence-corrected chi connectivity index (χ3v) is 3.04. The van der Waals surface area contributed by atoms with Crippen LogP contribution in [0, 0.1) is 10.1 Å².